The van der Waals surface area contributed by atoms with Crippen molar-refractivity contribution in [3.05, 3.63) is 27.6 Å². The maximum absolute atomic E-state index is 12.3. The molecule has 2 aliphatic heterocycles. The van der Waals surface area contributed by atoms with Crippen LogP contribution in [-0.4, -0.2) is 63.1 Å². The van der Waals surface area contributed by atoms with Gasteiger partial charge in [-0.05, 0) is 24.3 Å². The number of aliphatic hydroxyl groups is 1. The van der Waals surface area contributed by atoms with Gasteiger partial charge in [0, 0.05) is 30.6 Å². The van der Waals surface area contributed by atoms with Crippen LogP contribution in [0.15, 0.2) is 16.5 Å². The van der Waals surface area contributed by atoms with Crippen molar-refractivity contribution in [2.75, 3.05) is 14.1 Å². The summed E-state index contributed by atoms with van der Waals surface area (Å²) in [6, 6.07) is -0.292. The van der Waals surface area contributed by atoms with E-state index in [2.05, 4.69) is 0 Å². The van der Waals surface area contributed by atoms with Crippen LogP contribution < -0.4 is 0 Å². The second-order valence-electron chi connectivity index (χ2n) is 6.28. The maximum Gasteiger partial charge on any atom is 0.352 e. The topological polar surface area (TPSA) is 81.1 Å². The van der Waals surface area contributed by atoms with Crippen LogP contribution in [0.4, 0.5) is 0 Å². The lowest BCUT2D eigenvalue weighted by atomic mass is 9.82. The van der Waals surface area contributed by atoms with Crippen molar-refractivity contribution >= 4 is 46.0 Å². The molecule has 0 saturated carbocycles. The molecule has 0 radical (unpaired) electrons. The summed E-state index contributed by atoms with van der Waals surface area (Å²) in [4.78, 5) is 27.8. The van der Waals surface area contributed by atoms with E-state index in [1.807, 2.05) is 24.9 Å². The van der Waals surface area contributed by atoms with Crippen molar-refractivity contribution in [1.82, 2.24) is 9.80 Å². The van der Waals surface area contributed by atoms with Crippen molar-refractivity contribution < 1.29 is 19.8 Å². The third-order valence-corrected chi connectivity index (χ3v) is 5.88. The number of fused-ring (bicyclic) bond motifs is 1. The number of thiophene rings is 1. The van der Waals surface area contributed by atoms with Gasteiger partial charge in [0.15, 0.2) is 0 Å². The van der Waals surface area contributed by atoms with Crippen LogP contribution in [-0.2, 0) is 9.59 Å². The number of hydrogen-bond acceptors (Lipinski definition) is 5. The Bertz CT molecular complexity index is 766. The second kappa shape index (κ2) is 5.94. The molecule has 2 aliphatic rings. The highest BCUT2D eigenvalue weighted by Crippen LogP contribution is 2.48. The molecule has 6 nitrogen and oxygen atoms in total. The summed E-state index contributed by atoms with van der Waals surface area (Å²) >= 11 is 6.88. The minimum absolute atomic E-state index is 0.0168. The molecule has 2 N–H and O–H groups in total. The molecule has 128 valence electrons. The molecule has 3 rings (SSSR count). The summed E-state index contributed by atoms with van der Waals surface area (Å²) in [6.07, 6.45) is -0.374. The molecular weight excluding hydrogens is 348 g/mol. The summed E-state index contributed by atoms with van der Waals surface area (Å²) in [6.45, 7) is 1.57. The molecule has 1 aromatic rings. The van der Waals surface area contributed by atoms with Gasteiger partial charge < -0.3 is 20.0 Å². The van der Waals surface area contributed by atoms with Gasteiger partial charge >= 0.3 is 5.97 Å². The Hall–Kier alpha value is -1.77. The molecule has 0 aliphatic carbocycles. The first-order chi connectivity index (χ1) is 11.3. The normalized spacial score (nSPS) is 23.8. The maximum atomic E-state index is 12.3. The van der Waals surface area contributed by atoms with Crippen LogP contribution in [0.5, 0.6) is 0 Å². The van der Waals surface area contributed by atoms with E-state index in [9.17, 15) is 19.8 Å². The van der Waals surface area contributed by atoms with E-state index in [4.69, 9.17) is 12.2 Å². The minimum Gasteiger partial charge on any atom is -0.477 e. The summed E-state index contributed by atoms with van der Waals surface area (Å²) in [5.41, 5.74) is 2.20. The smallest absolute Gasteiger partial charge is 0.352 e. The molecule has 1 aromatic heterocycles. The molecule has 3 heterocycles. The van der Waals surface area contributed by atoms with Crippen molar-refractivity contribution in [2.24, 2.45) is 5.92 Å². The molecule has 1 saturated heterocycles. The van der Waals surface area contributed by atoms with Gasteiger partial charge in [0.2, 0.25) is 5.91 Å². The zero-order chi connectivity index (χ0) is 17.8. The van der Waals surface area contributed by atoms with E-state index < -0.39 is 18.0 Å². The number of carbonyl (C=O) groups excluding carboxylic acids is 1. The zero-order valence-corrected chi connectivity index (χ0v) is 15.1. The van der Waals surface area contributed by atoms with Gasteiger partial charge in [-0.15, -0.1) is 0 Å². The van der Waals surface area contributed by atoms with Crippen LogP contribution >= 0.6 is 23.6 Å². The predicted molar refractivity (Wildman–Crippen MR) is 94.7 cm³/mol. The van der Waals surface area contributed by atoms with Gasteiger partial charge in [-0.25, -0.2) is 4.79 Å². The van der Waals surface area contributed by atoms with E-state index in [-0.39, 0.29) is 17.6 Å². The van der Waals surface area contributed by atoms with E-state index >= 15 is 0 Å². The van der Waals surface area contributed by atoms with Crippen LogP contribution in [0.25, 0.3) is 5.57 Å². The Morgan fingerprint density at radius 1 is 1.46 bits per heavy atom. The lowest BCUT2D eigenvalue weighted by Gasteiger charge is -2.44. The number of thiocarbonyl (C=S) groups is 1. The van der Waals surface area contributed by atoms with Crippen molar-refractivity contribution in [3.63, 3.8) is 0 Å². The number of rotatable bonds is 4. The molecule has 3 atom stereocenters. The van der Waals surface area contributed by atoms with Gasteiger partial charge in [0.05, 0.1) is 18.1 Å². The monoisotopic (exact) mass is 366 g/mol. The van der Waals surface area contributed by atoms with E-state index in [0.29, 0.717) is 17.0 Å². The quantitative estimate of drug-likeness (QED) is 0.619. The Morgan fingerprint density at radius 2 is 2.12 bits per heavy atom. The average molecular weight is 366 g/mol. The SMILES string of the molecule is C[C@@H](O)[C@H]1C(=O)N2C(C(=O)O)=C(c3cscc3C(=S)N(C)C)C[C@H]12. The van der Waals surface area contributed by atoms with Gasteiger partial charge in [-0.2, -0.15) is 11.3 Å². The van der Waals surface area contributed by atoms with Gasteiger partial charge in [0.25, 0.3) is 0 Å². The molecule has 0 bridgehead atoms. The number of carboxylic acid groups (broad SMARTS) is 1. The molecule has 24 heavy (non-hydrogen) atoms. The van der Waals surface area contributed by atoms with E-state index in [0.717, 1.165) is 11.1 Å². The first kappa shape index (κ1) is 17.1. The Morgan fingerprint density at radius 3 is 2.67 bits per heavy atom. The summed E-state index contributed by atoms with van der Waals surface area (Å²) < 4.78 is 0. The molecule has 1 amide bonds. The van der Waals surface area contributed by atoms with Crippen molar-refractivity contribution in [3.8, 4) is 0 Å². The molecule has 8 heteroatoms. The Kier molecular flexibility index (Phi) is 4.23. The molecule has 0 aromatic carbocycles. The fourth-order valence-corrected chi connectivity index (χ4v) is 4.54. The predicted octanol–water partition coefficient (Wildman–Crippen LogP) is 1.39. The standard InChI is InChI=1S/C16H18N2O4S2/c1-7(19)12-11-4-8(13(16(21)22)18(11)14(12)20)9-5-24-6-10(9)15(23)17(2)3/h5-7,11-12,19H,4H2,1-3H3,(H,21,22)/t7-,11-,12-/m1/s1. The minimum atomic E-state index is -1.13. The van der Waals surface area contributed by atoms with Crippen LogP contribution in [0, 0.1) is 5.92 Å². The second-order valence-corrected chi connectivity index (χ2v) is 7.41. The first-order valence-electron chi connectivity index (χ1n) is 7.51. The first-order valence-corrected chi connectivity index (χ1v) is 8.86. The highest BCUT2D eigenvalue weighted by molar-refractivity contribution is 7.80. The van der Waals surface area contributed by atoms with Gasteiger partial charge in [0.1, 0.15) is 10.7 Å². The largest absolute Gasteiger partial charge is 0.477 e. The lowest BCUT2D eigenvalue weighted by molar-refractivity contribution is -0.161. The molecule has 0 unspecified atom stereocenters. The number of hydrogen-bond donors (Lipinski definition) is 2. The average Bonchev–Trinajstić information content (AvgIpc) is 3.07. The van der Waals surface area contributed by atoms with Gasteiger partial charge in [-0.3, -0.25) is 4.79 Å². The van der Waals surface area contributed by atoms with Crippen LogP contribution in [0.2, 0.25) is 0 Å². The summed E-state index contributed by atoms with van der Waals surface area (Å²) in [5.74, 6) is -1.99. The Labute approximate surface area is 149 Å². The third-order valence-electron chi connectivity index (χ3n) is 4.55. The number of nitrogens with zero attached hydrogens (tertiary/aromatic N) is 2. The lowest BCUT2D eigenvalue weighted by Crippen LogP contribution is -2.61. The summed E-state index contributed by atoms with van der Waals surface area (Å²) in [5, 5.41) is 23.2. The number of aliphatic carboxylic acids is 1. The van der Waals surface area contributed by atoms with Crippen molar-refractivity contribution in [1.29, 1.82) is 0 Å². The van der Waals surface area contributed by atoms with Crippen LogP contribution in [0.1, 0.15) is 24.5 Å². The van der Waals surface area contributed by atoms with Crippen molar-refractivity contribution in [2.45, 2.75) is 25.5 Å². The zero-order valence-electron chi connectivity index (χ0n) is 13.5. The fraction of sp³-hybridized carbons (Fsp3) is 0.438. The van der Waals surface area contributed by atoms with E-state index in [1.165, 1.54) is 16.2 Å². The number of β-lactam (4-membered cyclic amide) rings is 1. The fourth-order valence-electron chi connectivity index (χ4n) is 3.45. The highest BCUT2D eigenvalue weighted by atomic mass is 32.1. The van der Waals surface area contributed by atoms with Gasteiger partial charge in [-0.1, -0.05) is 12.2 Å². The molecule has 1 fully saturated rings. The van der Waals surface area contributed by atoms with E-state index in [1.54, 1.807) is 11.8 Å². The number of aliphatic hydroxyl groups excluding tert-OH is 1. The highest BCUT2D eigenvalue weighted by Gasteiger charge is 2.57. The number of carbonyl (C=O) groups is 2. The molecule has 0 spiro atoms. The Balaban J connectivity index is 2.06. The number of amides is 1. The number of carboxylic acids is 1. The molecular formula is C16H18N2O4S2. The summed E-state index contributed by atoms with van der Waals surface area (Å²) in [7, 11) is 3.68. The third kappa shape index (κ3) is 2.37. The van der Waals surface area contributed by atoms with Crippen LogP contribution in [0.3, 0.4) is 0 Å².